The highest BCUT2D eigenvalue weighted by molar-refractivity contribution is 7.14. The van der Waals surface area contributed by atoms with Crippen LogP contribution in [0.3, 0.4) is 0 Å². The summed E-state index contributed by atoms with van der Waals surface area (Å²) in [4.78, 5) is 30.5. The zero-order chi connectivity index (χ0) is 21.7. The molecule has 1 heterocycles. The highest BCUT2D eigenvalue weighted by atomic mass is 32.1. The molecule has 3 rings (SSSR count). The van der Waals surface area contributed by atoms with Crippen LogP contribution in [-0.2, 0) is 4.79 Å². The number of nitrogens with one attached hydrogen (secondary N) is 1. The van der Waals surface area contributed by atoms with Crippen LogP contribution >= 0.6 is 11.3 Å². The van der Waals surface area contributed by atoms with Crippen LogP contribution in [0.4, 0.5) is 5.13 Å². The quantitative estimate of drug-likeness (QED) is 0.600. The largest absolute Gasteiger partial charge is 0.483 e. The maximum Gasteiger partial charge on any atom is 0.261 e. The molecular weight excluding hydrogens is 398 g/mol. The zero-order valence-electron chi connectivity index (χ0n) is 17.5. The van der Waals surface area contributed by atoms with Crippen LogP contribution in [0.25, 0.3) is 11.3 Å². The third kappa shape index (κ3) is 5.24. The average Bonchev–Trinajstić information content (AvgIpc) is 3.20. The first-order valence-corrected chi connectivity index (χ1v) is 10.5. The topological polar surface area (TPSA) is 71.5 Å². The minimum absolute atomic E-state index is 0.134. The van der Waals surface area contributed by atoms with Gasteiger partial charge in [0, 0.05) is 25.0 Å². The summed E-state index contributed by atoms with van der Waals surface area (Å²) >= 11 is 1.36. The number of nitrogens with zero attached hydrogens (tertiary/aromatic N) is 2. The number of rotatable bonds is 7. The molecule has 7 heteroatoms. The molecule has 0 saturated heterocycles. The van der Waals surface area contributed by atoms with Crippen LogP contribution in [0.2, 0.25) is 0 Å². The van der Waals surface area contributed by atoms with Gasteiger partial charge in [-0.05, 0) is 23.6 Å². The Bertz CT molecular complexity index is 1030. The van der Waals surface area contributed by atoms with E-state index in [-0.39, 0.29) is 18.4 Å². The number of para-hydroxylation sites is 1. The van der Waals surface area contributed by atoms with E-state index < -0.39 is 0 Å². The Hall–Kier alpha value is -3.19. The van der Waals surface area contributed by atoms with Crippen LogP contribution in [0.1, 0.15) is 35.7 Å². The first kappa shape index (κ1) is 21.5. The van der Waals surface area contributed by atoms with Crippen LogP contribution in [0, 0.1) is 0 Å². The van der Waals surface area contributed by atoms with Crippen molar-refractivity contribution in [3.8, 4) is 17.0 Å². The fourth-order valence-electron chi connectivity index (χ4n) is 2.72. The molecule has 0 radical (unpaired) electrons. The predicted molar refractivity (Wildman–Crippen MR) is 120 cm³/mol. The molecule has 0 unspecified atom stereocenters. The number of aromatic nitrogens is 1. The number of likely N-dealkylation sites (N-methyl/N-ethyl adjacent to an activating group) is 1. The van der Waals surface area contributed by atoms with Crippen molar-refractivity contribution in [1.29, 1.82) is 0 Å². The highest BCUT2D eigenvalue weighted by Crippen LogP contribution is 2.27. The van der Waals surface area contributed by atoms with Gasteiger partial charge in [0.15, 0.2) is 11.7 Å². The number of hydrogen-bond donors (Lipinski definition) is 1. The predicted octanol–water partition coefficient (Wildman–Crippen LogP) is 4.65. The van der Waals surface area contributed by atoms with Crippen molar-refractivity contribution in [2.75, 3.05) is 26.0 Å². The summed E-state index contributed by atoms with van der Waals surface area (Å²) in [6, 6.07) is 15.1. The first-order valence-electron chi connectivity index (χ1n) is 9.64. The van der Waals surface area contributed by atoms with Gasteiger partial charge < -0.3 is 9.64 Å². The number of ether oxygens (including phenoxy) is 1. The summed E-state index contributed by atoms with van der Waals surface area (Å²) in [5, 5.41) is 5.24. The Balaban J connectivity index is 1.71. The number of thiazole rings is 1. The van der Waals surface area contributed by atoms with Crippen LogP contribution in [0.15, 0.2) is 53.9 Å². The van der Waals surface area contributed by atoms with Gasteiger partial charge in [0.25, 0.3) is 11.8 Å². The molecule has 2 amide bonds. The van der Waals surface area contributed by atoms with E-state index >= 15 is 0 Å². The molecule has 30 heavy (non-hydrogen) atoms. The molecule has 0 spiro atoms. The van der Waals surface area contributed by atoms with Gasteiger partial charge in [0.2, 0.25) is 0 Å². The van der Waals surface area contributed by atoms with E-state index in [4.69, 9.17) is 4.74 Å². The van der Waals surface area contributed by atoms with Gasteiger partial charge in [-0.3, -0.25) is 14.9 Å². The Morgan fingerprint density at radius 2 is 1.80 bits per heavy atom. The summed E-state index contributed by atoms with van der Waals surface area (Å²) in [6.45, 7) is 4.18. The monoisotopic (exact) mass is 423 g/mol. The first-order chi connectivity index (χ1) is 14.3. The van der Waals surface area contributed by atoms with Crippen molar-refractivity contribution in [3.63, 3.8) is 0 Å². The Labute approximate surface area is 180 Å². The van der Waals surface area contributed by atoms with Gasteiger partial charge in [0.1, 0.15) is 5.75 Å². The minimum Gasteiger partial charge on any atom is -0.483 e. The van der Waals surface area contributed by atoms with Gasteiger partial charge in [-0.15, -0.1) is 11.3 Å². The molecule has 3 aromatic rings. The van der Waals surface area contributed by atoms with Crippen molar-refractivity contribution in [2.24, 2.45) is 0 Å². The summed E-state index contributed by atoms with van der Waals surface area (Å²) in [5.41, 5.74) is 3.43. The average molecular weight is 424 g/mol. The third-order valence-corrected chi connectivity index (χ3v) is 5.34. The summed E-state index contributed by atoms with van der Waals surface area (Å²) in [5.74, 6) is 0.308. The van der Waals surface area contributed by atoms with Gasteiger partial charge >= 0.3 is 0 Å². The Morgan fingerprint density at radius 1 is 1.10 bits per heavy atom. The van der Waals surface area contributed by atoms with E-state index in [1.54, 1.807) is 38.4 Å². The lowest BCUT2D eigenvalue weighted by Gasteiger charge is -2.13. The van der Waals surface area contributed by atoms with Gasteiger partial charge in [-0.1, -0.05) is 50.2 Å². The van der Waals surface area contributed by atoms with E-state index in [9.17, 15) is 9.59 Å². The van der Waals surface area contributed by atoms with Crippen molar-refractivity contribution in [3.05, 3.63) is 65.0 Å². The van der Waals surface area contributed by atoms with Crippen LogP contribution in [0.5, 0.6) is 5.75 Å². The van der Waals surface area contributed by atoms with E-state index in [1.807, 2.05) is 17.5 Å². The molecule has 6 nitrogen and oxygen atoms in total. The molecule has 0 fully saturated rings. The molecule has 0 aliphatic heterocycles. The number of hydrogen-bond acceptors (Lipinski definition) is 5. The smallest absolute Gasteiger partial charge is 0.261 e. The van der Waals surface area contributed by atoms with Crippen molar-refractivity contribution >= 4 is 28.3 Å². The van der Waals surface area contributed by atoms with Crippen LogP contribution < -0.4 is 10.1 Å². The standard InChI is InChI=1S/C23H25N3O3S/c1-15(2)16-9-11-17(12-10-16)19-14-30-23(24-19)25-22(28)18-7-5-6-8-20(18)29-13-21(27)26(3)4/h5-12,14-15H,13H2,1-4H3,(H,24,25,28). The second-order valence-corrected chi connectivity index (χ2v) is 8.20. The van der Waals surface area contributed by atoms with Gasteiger partial charge in [-0.2, -0.15) is 0 Å². The van der Waals surface area contributed by atoms with Gasteiger partial charge in [-0.25, -0.2) is 4.98 Å². The third-order valence-electron chi connectivity index (χ3n) is 4.58. The Kier molecular flexibility index (Phi) is 6.84. The molecule has 1 aromatic heterocycles. The molecule has 0 bridgehead atoms. The lowest BCUT2D eigenvalue weighted by atomic mass is 10.0. The van der Waals surface area contributed by atoms with E-state index in [0.29, 0.717) is 22.4 Å². The molecule has 2 aromatic carbocycles. The normalized spacial score (nSPS) is 10.7. The van der Waals surface area contributed by atoms with E-state index in [1.165, 1.54) is 21.8 Å². The number of carbonyl (C=O) groups excluding carboxylic acids is 2. The molecule has 0 atom stereocenters. The van der Waals surface area contributed by atoms with E-state index in [0.717, 1.165) is 11.3 Å². The SMILES string of the molecule is CC(C)c1ccc(-c2csc(NC(=O)c3ccccc3OCC(=O)N(C)C)n2)cc1. The number of amides is 2. The molecule has 0 saturated carbocycles. The Morgan fingerprint density at radius 3 is 2.47 bits per heavy atom. The molecule has 1 N–H and O–H groups in total. The van der Waals surface area contributed by atoms with Crippen LogP contribution in [-0.4, -0.2) is 42.4 Å². The minimum atomic E-state index is -0.334. The molecular formula is C23H25N3O3S. The second-order valence-electron chi connectivity index (χ2n) is 7.34. The summed E-state index contributed by atoms with van der Waals surface area (Å²) in [6.07, 6.45) is 0. The highest BCUT2D eigenvalue weighted by Gasteiger charge is 2.16. The number of benzene rings is 2. The summed E-state index contributed by atoms with van der Waals surface area (Å²) < 4.78 is 5.56. The maximum atomic E-state index is 12.8. The fraction of sp³-hybridized carbons (Fsp3) is 0.261. The van der Waals surface area contributed by atoms with Crippen molar-refractivity contribution < 1.29 is 14.3 Å². The second kappa shape index (κ2) is 9.54. The zero-order valence-corrected chi connectivity index (χ0v) is 18.3. The molecule has 156 valence electrons. The lowest BCUT2D eigenvalue weighted by molar-refractivity contribution is -0.130. The maximum absolute atomic E-state index is 12.8. The molecule has 0 aliphatic rings. The lowest BCUT2D eigenvalue weighted by Crippen LogP contribution is -2.28. The fourth-order valence-corrected chi connectivity index (χ4v) is 3.43. The van der Waals surface area contributed by atoms with E-state index in [2.05, 4.69) is 36.3 Å². The summed E-state index contributed by atoms with van der Waals surface area (Å²) in [7, 11) is 3.31. The van der Waals surface area contributed by atoms with Crippen molar-refractivity contribution in [2.45, 2.75) is 19.8 Å². The molecule has 0 aliphatic carbocycles. The number of carbonyl (C=O) groups is 2. The van der Waals surface area contributed by atoms with Crippen molar-refractivity contribution in [1.82, 2.24) is 9.88 Å². The van der Waals surface area contributed by atoms with Gasteiger partial charge in [0.05, 0.1) is 11.3 Å². The number of anilines is 1.